The highest BCUT2D eigenvalue weighted by Gasteiger charge is 2.27. The van der Waals surface area contributed by atoms with Crippen LogP contribution in [0.15, 0.2) is 12.1 Å². The smallest absolute Gasteiger partial charge is 0.311 e. The lowest BCUT2D eigenvalue weighted by Crippen LogP contribution is -2.38. The van der Waals surface area contributed by atoms with E-state index >= 15 is 0 Å². The van der Waals surface area contributed by atoms with Gasteiger partial charge in [0.2, 0.25) is 5.82 Å². The van der Waals surface area contributed by atoms with Gasteiger partial charge in [0.15, 0.2) is 0 Å². The van der Waals surface area contributed by atoms with Gasteiger partial charge in [-0.2, -0.15) is 0 Å². The van der Waals surface area contributed by atoms with E-state index in [1.54, 1.807) is 12.1 Å². The largest absolute Gasteiger partial charge is 0.370 e. The minimum atomic E-state index is -0.348. The molecule has 1 saturated heterocycles. The molecule has 0 aliphatic carbocycles. The second-order valence-corrected chi connectivity index (χ2v) is 5.48. The van der Waals surface area contributed by atoms with Crippen LogP contribution >= 0.6 is 0 Å². The highest BCUT2D eigenvalue weighted by Crippen LogP contribution is 2.30. The van der Waals surface area contributed by atoms with E-state index in [0.29, 0.717) is 11.6 Å². The van der Waals surface area contributed by atoms with Gasteiger partial charge in [-0.15, -0.1) is 0 Å². The Balaban J connectivity index is 2.38. The molecule has 1 atom stereocenters. The lowest BCUT2D eigenvalue weighted by molar-refractivity contribution is -0.384. The van der Waals surface area contributed by atoms with Crippen LogP contribution < -0.4 is 10.2 Å². The molecule has 1 unspecified atom stereocenters. The van der Waals surface area contributed by atoms with Crippen LogP contribution in [0.5, 0.6) is 0 Å². The molecule has 21 heavy (non-hydrogen) atoms. The Kier molecular flexibility index (Phi) is 4.95. The van der Waals surface area contributed by atoms with Crippen LogP contribution in [0.4, 0.5) is 17.3 Å². The molecule has 1 aliphatic rings. The van der Waals surface area contributed by atoms with Gasteiger partial charge in [0.1, 0.15) is 5.82 Å². The first kappa shape index (κ1) is 15.5. The van der Waals surface area contributed by atoms with Crippen LogP contribution in [-0.2, 0) is 0 Å². The van der Waals surface area contributed by atoms with Crippen molar-refractivity contribution in [2.45, 2.75) is 26.3 Å². The third kappa shape index (κ3) is 3.60. The fourth-order valence-electron chi connectivity index (χ4n) is 2.76. The van der Waals surface area contributed by atoms with Gasteiger partial charge in [0, 0.05) is 31.7 Å². The van der Waals surface area contributed by atoms with Crippen molar-refractivity contribution in [3.63, 3.8) is 0 Å². The molecule has 7 nitrogen and oxygen atoms in total. The van der Waals surface area contributed by atoms with Crippen LogP contribution in [0, 0.1) is 10.1 Å². The summed E-state index contributed by atoms with van der Waals surface area (Å²) in [6, 6.07) is 3.40. The van der Waals surface area contributed by atoms with Gasteiger partial charge in [-0.25, -0.2) is 4.98 Å². The van der Waals surface area contributed by atoms with E-state index in [1.165, 1.54) is 0 Å². The van der Waals surface area contributed by atoms with Crippen molar-refractivity contribution in [1.29, 1.82) is 0 Å². The number of nitrogens with one attached hydrogen (secondary N) is 1. The third-order valence-electron chi connectivity index (χ3n) is 3.73. The zero-order valence-electron chi connectivity index (χ0n) is 12.9. The molecule has 1 aromatic rings. The first-order valence-electron chi connectivity index (χ1n) is 7.37. The molecule has 1 N–H and O–H groups in total. The van der Waals surface area contributed by atoms with Crippen molar-refractivity contribution in [2.24, 2.45) is 0 Å². The van der Waals surface area contributed by atoms with Gasteiger partial charge < -0.3 is 15.1 Å². The van der Waals surface area contributed by atoms with Crippen LogP contribution in [0.2, 0.25) is 0 Å². The number of hydrogen-bond donors (Lipinski definition) is 1. The molecule has 0 saturated carbocycles. The predicted molar refractivity (Wildman–Crippen MR) is 84.0 cm³/mol. The monoisotopic (exact) mass is 293 g/mol. The molecule has 116 valence electrons. The Bertz CT molecular complexity index is 508. The minimum Gasteiger partial charge on any atom is -0.370 e. The molecule has 2 heterocycles. The van der Waals surface area contributed by atoms with E-state index in [9.17, 15) is 10.1 Å². The second kappa shape index (κ2) is 6.71. The molecular formula is C14H23N5O2. The van der Waals surface area contributed by atoms with E-state index in [-0.39, 0.29) is 16.7 Å². The molecule has 1 fully saturated rings. The fourth-order valence-corrected chi connectivity index (χ4v) is 2.76. The molecule has 0 amide bonds. The lowest BCUT2D eigenvalue weighted by Gasteiger charge is -2.28. The quantitative estimate of drug-likeness (QED) is 0.675. The van der Waals surface area contributed by atoms with Crippen molar-refractivity contribution >= 4 is 17.3 Å². The number of nitrogens with zero attached hydrogens (tertiary/aromatic N) is 4. The fraction of sp³-hybridized carbons (Fsp3) is 0.643. The zero-order chi connectivity index (χ0) is 15.4. The molecule has 0 aromatic carbocycles. The summed E-state index contributed by atoms with van der Waals surface area (Å²) in [6.45, 7) is 7.47. The standard InChI is InChI=1S/C14H23N5O2/c1-4-15-13-7-6-12(19(20)21)14(16-13)18-9-5-8-17(3)10-11(18)2/h6-7,11H,4-5,8-10H2,1-3H3,(H,15,16). The van der Waals surface area contributed by atoms with Gasteiger partial charge in [-0.3, -0.25) is 10.1 Å². The number of anilines is 2. The van der Waals surface area contributed by atoms with Gasteiger partial charge in [-0.1, -0.05) is 0 Å². The number of pyridine rings is 1. The Morgan fingerprint density at radius 1 is 1.48 bits per heavy atom. The number of likely N-dealkylation sites (N-methyl/N-ethyl adjacent to an activating group) is 1. The third-order valence-corrected chi connectivity index (χ3v) is 3.73. The van der Waals surface area contributed by atoms with Crippen molar-refractivity contribution in [2.75, 3.05) is 43.4 Å². The first-order chi connectivity index (χ1) is 10.0. The van der Waals surface area contributed by atoms with E-state index in [2.05, 4.69) is 34.1 Å². The Labute approximate surface area is 125 Å². The van der Waals surface area contributed by atoms with Crippen molar-refractivity contribution in [1.82, 2.24) is 9.88 Å². The van der Waals surface area contributed by atoms with Gasteiger partial charge in [0.05, 0.1) is 4.92 Å². The minimum absolute atomic E-state index is 0.0769. The maximum atomic E-state index is 11.3. The maximum absolute atomic E-state index is 11.3. The summed E-state index contributed by atoms with van der Waals surface area (Å²) in [5, 5.41) is 14.4. The van der Waals surface area contributed by atoms with Gasteiger partial charge in [0.25, 0.3) is 0 Å². The summed E-state index contributed by atoms with van der Waals surface area (Å²) < 4.78 is 0. The van der Waals surface area contributed by atoms with Crippen LogP contribution in [0.1, 0.15) is 20.3 Å². The summed E-state index contributed by atoms with van der Waals surface area (Å²) in [5.41, 5.74) is 0.0769. The molecule has 0 bridgehead atoms. The first-order valence-corrected chi connectivity index (χ1v) is 7.37. The summed E-state index contributed by atoms with van der Waals surface area (Å²) in [6.07, 6.45) is 0.977. The predicted octanol–water partition coefficient (Wildman–Crippen LogP) is 1.95. The maximum Gasteiger partial charge on any atom is 0.311 e. The Morgan fingerprint density at radius 3 is 2.90 bits per heavy atom. The van der Waals surface area contributed by atoms with Crippen molar-refractivity contribution < 1.29 is 4.92 Å². The SMILES string of the molecule is CCNc1ccc([N+](=O)[O-])c(N2CCCN(C)CC2C)n1. The second-order valence-electron chi connectivity index (χ2n) is 5.48. The summed E-state index contributed by atoms with van der Waals surface area (Å²) in [4.78, 5) is 19.7. The van der Waals surface area contributed by atoms with E-state index in [0.717, 1.165) is 32.6 Å². The highest BCUT2D eigenvalue weighted by molar-refractivity contribution is 5.62. The Hall–Kier alpha value is -1.89. The molecule has 1 aliphatic heterocycles. The van der Waals surface area contributed by atoms with E-state index in [4.69, 9.17) is 0 Å². The highest BCUT2D eigenvalue weighted by atomic mass is 16.6. The summed E-state index contributed by atoms with van der Waals surface area (Å²) >= 11 is 0. The van der Waals surface area contributed by atoms with Crippen LogP contribution in [0.3, 0.4) is 0 Å². The van der Waals surface area contributed by atoms with E-state index < -0.39 is 0 Å². The topological polar surface area (TPSA) is 74.5 Å². The van der Waals surface area contributed by atoms with Crippen molar-refractivity contribution in [3.8, 4) is 0 Å². The van der Waals surface area contributed by atoms with E-state index in [1.807, 2.05) is 6.92 Å². The van der Waals surface area contributed by atoms with Crippen LogP contribution in [0.25, 0.3) is 0 Å². The van der Waals surface area contributed by atoms with Crippen LogP contribution in [-0.4, -0.2) is 54.1 Å². The van der Waals surface area contributed by atoms with Gasteiger partial charge in [-0.05, 0) is 39.9 Å². The number of hydrogen-bond acceptors (Lipinski definition) is 6. The number of rotatable bonds is 4. The normalized spacial score (nSPS) is 20.1. The average Bonchev–Trinajstić information content (AvgIpc) is 2.59. The molecule has 0 radical (unpaired) electrons. The Morgan fingerprint density at radius 2 is 2.24 bits per heavy atom. The average molecular weight is 293 g/mol. The molecule has 7 heteroatoms. The molecule has 1 aromatic heterocycles. The molecule has 0 spiro atoms. The lowest BCUT2D eigenvalue weighted by atomic mass is 10.2. The number of aromatic nitrogens is 1. The summed E-state index contributed by atoms with van der Waals surface area (Å²) in [5.74, 6) is 1.16. The van der Waals surface area contributed by atoms with Crippen molar-refractivity contribution in [3.05, 3.63) is 22.2 Å². The molecular weight excluding hydrogens is 270 g/mol. The zero-order valence-corrected chi connectivity index (χ0v) is 12.9. The number of nitro groups is 1. The van der Waals surface area contributed by atoms with Gasteiger partial charge >= 0.3 is 5.69 Å². The molecule has 2 rings (SSSR count). The summed E-state index contributed by atoms with van der Waals surface area (Å²) in [7, 11) is 2.08.